The van der Waals surface area contributed by atoms with E-state index in [2.05, 4.69) is 0 Å². The second kappa shape index (κ2) is 5.43. The number of carbonyl (C=O) groups excluding carboxylic acids is 1. The molecule has 0 aliphatic carbocycles. The number of carbonyl (C=O) groups is 2. The summed E-state index contributed by atoms with van der Waals surface area (Å²) in [5.41, 5.74) is -0.588. The number of carboxylic acid groups (broad SMARTS) is 1. The van der Waals surface area contributed by atoms with E-state index >= 15 is 0 Å². The number of rotatable bonds is 1. The van der Waals surface area contributed by atoms with Gasteiger partial charge in [0.2, 0.25) is 0 Å². The second-order valence-electron chi connectivity index (χ2n) is 5.24. The quantitative estimate of drug-likeness (QED) is 0.719. The summed E-state index contributed by atoms with van der Waals surface area (Å²) in [6.07, 6.45) is -1.57. The lowest BCUT2D eigenvalue weighted by Gasteiger charge is -2.39. The number of hydrogen-bond acceptors (Lipinski definition) is 4. The van der Waals surface area contributed by atoms with E-state index in [0.29, 0.717) is 0 Å². The fraction of sp³-hybridized carbons (Fsp3) is 0.818. The third kappa shape index (κ3) is 3.76. The fourth-order valence-electron chi connectivity index (χ4n) is 1.76. The van der Waals surface area contributed by atoms with E-state index in [1.165, 1.54) is 4.90 Å². The van der Waals surface area contributed by atoms with Gasteiger partial charge in [0.15, 0.2) is 0 Å². The van der Waals surface area contributed by atoms with Crippen LogP contribution in [-0.2, 0) is 4.74 Å². The van der Waals surface area contributed by atoms with Gasteiger partial charge in [-0.2, -0.15) is 0 Å². The van der Waals surface area contributed by atoms with Gasteiger partial charge >= 0.3 is 12.2 Å². The van der Waals surface area contributed by atoms with Crippen LogP contribution in [-0.4, -0.2) is 70.1 Å². The van der Waals surface area contributed by atoms with Gasteiger partial charge in [0.05, 0.1) is 12.6 Å². The molecule has 1 aliphatic heterocycles. The highest BCUT2D eigenvalue weighted by Gasteiger charge is 2.33. The number of ether oxygens (including phenoxy) is 1. The normalized spacial score (nSPS) is 20.8. The molecule has 7 nitrogen and oxygen atoms in total. The number of aliphatic hydroxyl groups excluding tert-OH is 1. The van der Waals surface area contributed by atoms with E-state index in [1.54, 1.807) is 20.8 Å². The molecule has 18 heavy (non-hydrogen) atoms. The Kier molecular flexibility index (Phi) is 4.39. The van der Waals surface area contributed by atoms with Crippen LogP contribution in [0.1, 0.15) is 20.8 Å². The summed E-state index contributed by atoms with van der Waals surface area (Å²) in [6.45, 7) is 5.59. The van der Waals surface area contributed by atoms with E-state index in [4.69, 9.17) is 14.9 Å². The Morgan fingerprint density at radius 1 is 1.33 bits per heavy atom. The molecule has 0 radical (unpaired) electrons. The van der Waals surface area contributed by atoms with Crippen molar-refractivity contribution in [2.75, 3.05) is 26.2 Å². The molecule has 1 rings (SSSR count). The van der Waals surface area contributed by atoms with Crippen LogP contribution >= 0.6 is 0 Å². The van der Waals surface area contributed by atoms with Gasteiger partial charge in [-0.3, -0.25) is 4.90 Å². The molecule has 2 N–H and O–H groups in total. The lowest BCUT2D eigenvalue weighted by molar-refractivity contribution is -0.00158. The first-order valence-electron chi connectivity index (χ1n) is 5.83. The molecule has 104 valence electrons. The average Bonchev–Trinajstić information content (AvgIpc) is 2.25. The molecule has 0 bridgehead atoms. The zero-order chi connectivity index (χ0) is 13.9. The van der Waals surface area contributed by atoms with Crippen LogP contribution in [0.4, 0.5) is 9.59 Å². The topological polar surface area (TPSA) is 90.3 Å². The highest BCUT2D eigenvalue weighted by molar-refractivity contribution is 5.70. The average molecular weight is 260 g/mol. The monoisotopic (exact) mass is 260 g/mol. The van der Waals surface area contributed by atoms with Crippen molar-refractivity contribution in [2.45, 2.75) is 32.4 Å². The Labute approximate surface area is 106 Å². The van der Waals surface area contributed by atoms with Crippen molar-refractivity contribution in [3.63, 3.8) is 0 Å². The molecule has 1 atom stereocenters. The molecule has 0 aromatic rings. The van der Waals surface area contributed by atoms with Gasteiger partial charge in [-0.15, -0.1) is 0 Å². The summed E-state index contributed by atoms with van der Waals surface area (Å²) in [4.78, 5) is 25.3. The molecule has 2 amide bonds. The highest BCUT2D eigenvalue weighted by Crippen LogP contribution is 2.14. The number of hydrogen-bond donors (Lipinski definition) is 2. The minimum Gasteiger partial charge on any atom is -0.465 e. The number of amides is 2. The van der Waals surface area contributed by atoms with Gasteiger partial charge in [-0.1, -0.05) is 0 Å². The third-order valence-corrected chi connectivity index (χ3v) is 2.59. The van der Waals surface area contributed by atoms with Crippen LogP contribution in [0.3, 0.4) is 0 Å². The van der Waals surface area contributed by atoms with Crippen molar-refractivity contribution in [1.29, 1.82) is 0 Å². The maximum Gasteiger partial charge on any atom is 0.410 e. The van der Waals surface area contributed by atoms with Crippen molar-refractivity contribution >= 4 is 12.2 Å². The molecule has 0 aromatic carbocycles. The first-order chi connectivity index (χ1) is 8.24. The molecular formula is C11H20N2O5. The van der Waals surface area contributed by atoms with Crippen molar-refractivity contribution in [3.05, 3.63) is 0 Å². The number of nitrogens with zero attached hydrogens (tertiary/aromatic N) is 2. The SMILES string of the molecule is CC(C)(C)OC(=O)N1CCN(C(=O)O)[C@H](CO)C1. The van der Waals surface area contributed by atoms with E-state index in [0.717, 1.165) is 4.90 Å². The van der Waals surface area contributed by atoms with Crippen molar-refractivity contribution in [2.24, 2.45) is 0 Å². The summed E-state index contributed by atoms with van der Waals surface area (Å²) in [5.74, 6) is 0. The highest BCUT2D eigenvalue weighted by atomic mass is 16.6. The molecule has 7 heteroatoms. The van der Waals surface area contributed by atoms with Crippen molar-refractivity contribution < 1.29 is 24.5 Å². The molecule has 1 fully saturated rings. The van der Waals surface area contributed by atoms with Gasteiger partial charge in [-0.25, -0.2) is 9.59 Å². The molecule has 0 saturated carbocycles. The number of piperazine rings is 1. The summed E-state index contributed by atoms with van der Waals surface area (Å²) in [5, 5.41) is 18.1. The minimum atomic E-state index is -1.09. The smallest absolute Gasteiger partial charge is 0.410 e. The van der Waals surface area contributed by atoms with Gasteiger partial charge in [0.1, 0.15) is 5.60 Å². The van der Waals surface area contributed by atoms with Crippen LogP contribution in [0.15, 0.2) is 0 Å². The Morgan fingerprint density at radius 2 is 1.94 bits per heavy atom. The van der Waals surface area contributed by atoms with Crippen molar-refractivity contribution in [3.8, 4) is 0 Å². The maximum absolute atomic E-state index is 11.8. The Balaban J connectivity index is 2.62. The fourth-order valence-corrected chi connectivity index (χ4v) is 1.76. The van der Waals surface area contributed by atoms with Gasteiger partial charge in [-0.05, 0) is 20.8 Å². The summed E-state index contributed by atoms with van der Waals surface area (Å²) < 4.78 is 5.21. The molecular weight excluding hydrogens is 240 g/mol. The Bertz CT molecular complexity index is 326. The van der Waals surface area contributed by atoms with Crippen LogP contribution in [0.5, 0.6) is 0 Å². The van der Waals surface area contributed by atoms with Crippen LogP contribution in [0.25, 0.3) is 0 Å². The molecule has 1 aliphatic rings. The van der Waals surface area contributed by atoms with Gasteiger partial charge in [0, 0.05) is 19.6 Å². The predicted molar refractivity (Wildman–Crippen MR) is 63.4 cm³/mol. The first kappa shape index (κ1) is 14.6. The maximum atomic E-state index is 11.8. The predicted octanol–water partition coefficient (Wildman–Crippen LogP) is 0.578. The minimum absolute atomic E-state index is 0.151. The largest absolute Gasteiger partial charge is 0.465 e. The van der Waals surface area contributed by atoms with E-state index in [-0.39, 0.29) is 26.2 Å². The van der Waals surface area contributed by atoms with Gasteiger partial charge < -0.3 is 19.8 Å². The summed E-state index contributed by atoms with van der Waals surface area (Å²) in [6, 6.07) is -0.594. The van der Waals surface area contributed by atoms with Crippen molar-refractivity contribution in [1.82, 2.24) is 9.80 Å². The third-order valence-electron chi connectivity index (χ3n) is 2.59. The van der Waals surface area contributed by atoms with E-state index in [9.17, 15) is 9.59 Å². The van der Waals surface area contributed by atoms with E-state index in [1.807, 2.05) is 0 Å². The molecule has 0 spiro atoms. The summed E-state index contributed by atoms with van der Waals surface area (Å²) in [7, 11) is 0. The zero-order valence-electron chi connectivity index (χ0n) is 10.9. The van der Waals surface area contributed by atoms with Crippen LogP contribution in [0, 0.1) is 0 Å². The lowest BCUT2D eigenvalue weighted by Crippen LogP contribution is -2.58. The molecule has 0 unspecified atom stereocenters. The standard InChI is InChI=1S/C11H20N2O5/c1-11(2,3)18-10(17)12-4-5-13(9(15)16)8(6-12)7-14/h8,14H,4-7H2,1-3H3,(H,15,16)/t8-/m0/s1. The van der Waals surface area contributed by atoms with E-state index < -0.39 is 23.8 Å². The molecule has 0 aromatic heterocycles. The van der Waals surface area contributed by atoms with Gasteiger partial charge in [0.25, 0.3) is 0 Å². The number of aliphatic hydroxyl groups is 1. The second-order valence-corrected chi connectivity index (χ2v) is 5.24. The lowest BCUT2D eigenvalue weighted by atomic mass is 10.2. The first-order valence-corrected chi connectivity index (χ1v) is 5.83. The Morgan fingerprint density at radius 3 is 2.39 bits per heavy atom. The molecule has 1 heterocycles. The molecule has 1 saturated heterocycles. The van der Waals surface area contributed by atoms with Crippen LogP contribution in [0.2, 0.25) is 0 Å². The zero-order valence-corrected chi connectivity index (χ0v) is 10.9. The summed E-state index contributed by atoms with van der Waals surface area (Å²) >= 11 is 0. The van der Waals surface area contributed by atoms with Crippen LogP contribution < -0.4 is 0 Å². The Hall–Kier alpha value is -1.50.